The molecule has 0 bridgehead atoms. The maximum atomic E-state index is 9.44. The van der Waals surface area contributed by atoms with Crippen molar-refractivity contribution < 1.29 is 5.11 Å². The van der Waals surface area contributed by atoms with Crippen LogP contribution in [0.4, 0.5) is 5.69 Å². The van der Waals surface area contributed by atoms with Crippen molar-refractivity contribution in [2.24, 2.45) is 0 Å². The summed E-state index contributed by atoms with van der Waals surface area (Å²) in [5, 5.41) is 12.7. The lowest BCUT2D eigenvalue weighted by Gasteiger charge is -2.11. The summed E-state index contributed by atoms with van der Waals surface area (Å²) in [6.07, 6.45) is 0.861. The highest BCUT2D eigenvalue weighted by Gasteiger charge is 2.01. The second kappa shape index (κ2) is 4.17. The highest BCUT2D eigenvalue weighted by atomic mass is 16.3. The van der Waals surface area contributed by atoms with Crippen LogP contribution in [0.2, 0.25) is 0 Å². The van der Waals surface area contributed by atoms with E-state index >= 15 is 0 Å². The standard InChI is InChI=1S/C11H17NO/c1-4-9-7-10(12-8(2)3)5-6-11(9)13/h5-8,12-13H,4H2,1-3H3. The van der Waals surface area contributed by atoms with Crippen LogP contribution < -0.4 is 5.32 Å². The van der Waals surface area contributed by atoms with Crippen molar-refractivity contribution in [1.29, 1.82) is 0 Å². The van der Waals surface area contributed by atoms with E-state index in [2.05, 4.69) is 19.2 Å². The minimum atomic E-state index is 0.386. The van der Waals surface area contributed by atoms with Crippen LogP contribution in [0.5, 0.6) is 5.75 Å². The number of aromatic hydroxyl groups is 1. The minimum Gasteiger partial charge on any atom is -0.508 e. The summed E-state index contributed by atoms with van der Waals surface area (Å²) >= 11 is 0. The third-order valence-electron chi connectivity index (χ3n) is 1.92. The van der Waals surface area contributed by atoms with Gasteiger partial charge in [0.15, 0.2) is 0 Å². The number of aryl methyl sites for hydroxylation is 1. The van der Waals surface area contributed by atoms with Crippen molar-refractivity contribution in [3.05, 3.63) is 23.8 Å². The Morgan fingerprint density at radius 2 is 2.08 bits per heavy atom. The van der Waals surface area contributed by atoms with E-state index in [0.717, 1.165) is 17.7 Å². The Bertz CT molecular complexity index is 281. The lowest BCUT2D eigenvalue weighted by Crippen LogP contribution is -2.09. The summed E-state index contributed by atoms with van der Waals surface area (Å²) in [5.41, 5.74) is 2.07. The fourth-order valence-electron chi connectivity index (χ4n) is 1.29. The van der Waals surface area contributed by atoms with Gasteiger partial charge in [0.05, 0.1) is 0 Å². The van der Waals surface area contributed by atoms with Gasteiger partial charge in [-0.25, -0.2) is 0 Å². The molecule has 0 aliphatic rings. The summed E-state index contributed by atoms with van der Waals surface area (Å²) in [7, 11) is 0. The van der Waals surface area contributed by atoms with Crippen LogP contribution in [0, 0.1) is 0 Å². The van der Waals surface area contributed by atoms with E-state index in [9.17, 15) is 5.11 Å². The molecule has 0 aromatic heterocycles. The monoisotopic (exact) mass is 179 g/mol. The summed E-state index contributed by atoms with van der Waals surface area (Å²) in [6, 6.07) is 6.06. The Hall–Kier alpha value is -1.18. The number of rotatable bonds is 3. The van der Waals surface area contributed by atoms with Crippen molar-refractivity contribution in [1.82, 2.24) is 0 Å². The third kappa shape index (κ3) is 2.65. The second-order valence-corrected chi connectivity index (χ2v) is 3.50. The summed E-state index contributed by atoms with van der Waals surface area (Å²) in [4.78, 5) is 0. The van der Waals surface area contributed by atoms with Crippen molar-refractivity contribution in [3.8, 4) is 5.75 Å². The zero-order valence-corrected chi connectivity index (χ0v) is 8.46. The fourth-order valence-corrected chi connectivity index (χ4v) is 1.29. The van der Waals surface area contributed by atoms with E-state index < -0.39 is 0 Å². The van der Waals surface area contributed by atoms with Gasteiger partial charge < -0.3 is 10.4 Å². The van der Waals surface area contributed by atoms with Gasteiger partial charge in [0.2, 0.25) is 0 Å². The Morgan fingerprint density at radius 1 is 1.38 bits per heavy atom. The molecular formula is C11H17NO. The first-order chi connectivity index (χ1) is 6.13. The van der Waals surface area contributed by atoms with Crippen LogP contribution in [0.3, 0.4) is 0 Å². The maximum absolute atomic E-state index is 9.44. The smallest absolute Gasteiger partial charge is 0.118 e. The Kier molecular flexibility index (Phi) is 3.18. The van der Waals surface area contributed by atoms with E-state index in [4.69, 9.17) is 0 Å². The Morgan fingerprint density at radius 3 is 2.62 bits per heavy atom. The lowest BCUT2D eigenvalue weighted by molar-refractivity contribution is 0.469. The maximum Gasteiger partial charge on any atom is 0.118 e. The molecule has 1 aromatic rings. The number of anilines is 1. The van der Waals surface area contributed by atoms with Gasteiger partial charge in [0.1, 0.15) is 5.75 Å². The normalized spacial score (nSPS) is 10.5. The molecule has 0 aliphatic heterocycles. The highest BCUT2D eigenvalue weighted by Crippen LogP contribution is 2.22. The van der Waals surface area contributed by atoms with Gasteiger partial charge in [-0.1, -0.05) is 6.92 Å². The summed E-state index contributed by atoms with van der Waals surface area (Å²) < 4.78 is 0. The van der Waals surface area contributed by atoms with E-state index in [0.29, 0.717) is 11.8 Å². The third-order valence-corrected chi connectivity index (χ3v) is 1.92. The highest BCUT2D eigenvalue weighted by molar-refractivity contribution is 5.51. The molecule has 0 aliphatic carbocycles. The second-order valence-electron chi connectivity index (χ2n) is 3.50. The van der Waals surface area contributed by atoms with Crippen LogP contribution >= 0.6 is 0 Å². The molecule has 0 saturated carbocycles. The Balaban J connectivity index is 2.86. The molecular weight excluding hydrogens is 162 g/mol. The average Bonchev–Trinajstić information content (AvgIpc) is 2.07. The van der Waals surface area contributed by atoms with Gasteiger partial charge in [-0.05, 0) is 44.0 Å². The van der Waals surface area contributed by atoms with Crippen LogP contribution in [0.15, 0.2) is 18.2 Å². The molecule has 1 rings (SSSR count). The van der Waals surface area contributed by atoms with Crippen molar-refractivity contribution >= 4 is 5.69 Å². The van der Waals surface area contributed by atoms with Crippen molar-refractivity contribution in [3.63, 3.8) is 0 Å². The van der Waals surface area contributed by atoms with Crippen LogP contribution in [-0.2, 0) is 6.42 Å². The van der Waals surface area contributed by atoms with Gasteiger partial charge in [-0.2, -0.15) is 0 Å². The largest absolute Gasteiger partial charge is 0.508 e. The van der Waals surface area contributed by atoms with Crippen LogP contribution in [0.1, 0.15) is 26.3 Å². The van der Waals surface area contributed by atoms with Gasteiger partial charge in [-0.3, -0.25) is 0 Å². The zero-order valence-electron chi connectivity index (χ0n) is 8.46. The molecule has 13 heavy (non-hydrogen) atoms. The topological polar surface area (TPSA) is 32.3 Å². The molecule has 0 radical (unpaired) electrons. The van der Waals surface area contributed by atoms with Crippen molar-refractivity contribution in [2.45, 2.75) is 33.2 Å². The van der Waals surface area contributed by atoms with E-state index in [1.807, 2.05) is 19.1 Å². The zero-order chi connectivity index (χ0) is 9.84. The summed E-state index contributed by atoms with van der Waals surface area (Å²) in [6.45, 7) is 6.23. The quantitative estimate of drug-likeness (QED) is 0.699. The first-order valence-corrected chi connectivity index (χ1v) is 4.72. The molecule has 0 saturated heterocycles. The predicted octanol–water partition coefficient (Wildman–Crippen LogP) is 2.77. The van der Waals surface area contributed by atoms with Gasteiger partial charge in [0.25, 0.3) is 0 Å². The number of benzene rings is 1. The van der Waals surface area contributed by atoms with Crippen LogP contribution in [-0.4, -0.2) is 11.1 Å². The van der Waals surface area contributed by atoms with Gasteiger partial charge in [0, 0.05) is 11.7 Å². The predicted molar refractivity (Wildman–Crippen MR) is 56.2 cm³/mol. The SMILES string of the molecule is CCc1cc(NC(C)C)ccc1O. The molecule has 0 amide bonds. The van der Waals surface area contributed by atoms with E-state index in [1.54, 1.807) is 6.07 Å². The molecule has 0 unspecified atom stereocenters. The molecule has 2 nitrogen and oxygen atoms in total. The number of nitrogens with one attached hydrogen (secondary N) is 1. The number of phenolic OH excluding ortho intramolecular Hbond substituents is 1. The molecule has 2 N–H and O–H groups in total. The number of phenols is 1. The van der Waals surface area contributed by atoms with E-state index in [-0.39, 0.29) is 0 Å². The van der Waals surface area contributed by atoms with Gasteiger partial charge in [-0.15, -0.1) is 0 Å². The molecule has 0 spiro atoms. The van der Waals surface area contributed by atoms with Crippen molar-refractivity contribution in [2.75, 3.05) is 5.32 Å². The average molecular weight is 179 g/mol. The molecule has 1 aromatic carbocycles. The first kappa shape index (κ1) is 9.90. The van der Waals surface area contributed by atoms with E-state index in [1.165, 1.54) is 0 Å². The lowest BCUT2D eigenvalue weighted by atomic mass is 10.1. The first-order valence-electron chi connectivity index (χ1n) is 4.72. The molecule has 72 valence electrons. The summed E-state index contributed by atoms with van der Waals surface area (Å²) in [5.74, 6) is 0.386. The Labute approximate surface area is 79.6 Å². The minimum absolute atomic E-state index is 0.386. The number of hydrogen-bond acceptors (Lipinski definition) is 2. The molecule has 0 atom stereocenters. The van der Waals surface area contributed by atoms with Gasteiger partial charge >= 0.3 is 0 Å². The molecule has 0 fully saturated rings. The van der Waals surface area contributed by atoms with Crippen LogP contribution in [0.25, 0.3) is 0 Å². The molecule has 2 heteroatoms. The number of hydrogen-bond donors (Lipinski definition) is 2. The fraction of sp³-hybridized carbons (Fsp3) is 0.455. The molecule has 0 heterocycles.